The molecule has 0 aliphatic carbocycles. The standard InChI is InChI=1S/C5H5I/c1-2-4-6-5-3-1/h1-5H. The molecule has 0 spiro atoms. The molecule has 0 saturated carbocycles. The zero-order chi connectivity index (χ0) is 4.24. The lowest BCUT2D eigenvalue weighted by Gasteiger charge is -1.76. The Bertz CT molecular complexity index is 73.3. The van der Waals surface area contributed by atoms with E-state index in [0.29, 0.717) is 20.7 Å². The number of hydrogen-bond acceptors (Lipinski definition) is 0. The Morgan fingerprint density at radius 1 is 1.00 bits per heavy atom. The van der Waals surface area contributed by atoms with Crippen molar-refractivity contribution < 1.29 is 0 Å². The highest BCUT2D eigenvalue weighted by Gasteiger charge is 1.66. The molecule has 6 heavy (non-hydrogen) atoms. The van der Waals surface area contributed by atoms with Gasteiger partial charge < -0.3 is 0 Å². The second-order valence-electron chi connectivity index (χ2n) is 0.955. The van der Waals surface area contributed by atoms with Gasteiger partial charge in [-0.2, -0.15) is 0 Å². The number of hydrogen-bond donors (Lipinski definition) is 0. The van der Waals surface area contributed by atoms with E-state index in [1.165, 1.54) is 0 Å². The SMILES string of the molecule is C1=CC=IC=C1. The zero-order valence-corrected chi connectivity index (χ0v) is 5.42. The fourth-order valence-electron chi connectivity index (χ4n) is 0.274. The summed E-state index contributed by atoms with van der Waals surface area (Å²) in [4.78, 5) is 0. The summed E-state index contributed by atoms with van der Waals surface area (Å²) in [6.07, 6.45) is 6.27. The van der Waals surface area contributed by atoms with E-state index in [-0.39, 0.29) is 0 Å². The molecule has 32 valence electrons. The van der Waals surface area contributed by atoms with Gasteiger partial charge in [0, 0.05) is 0 Å². The third kappa shape index (κ3) is 1.05. The van der Waals surface area contributed by atoms with Crippen LogP contribution in [0.25, 0.3) is 0 Å². The van der Waals surface area contributed by atoms with Crippen LogP contribution in [-0.4, -0.2) is 4.01 Å². The summed E-state index contributed by atoms with van der Waals surface area (Å²) in [5.74, 6) is 0. The van der Waals surface area contributed by atoms with Gasteiger partial charge in [-0.05, 0) is 8.09 Å². The number of allylic oxidation sites excluding steroid dienone is 3. The Hall–Kier alpha value is 0.0800. The average Bonchev–Trinajstić information content (AvgIpc) is 1.72. The molecule has 1 heteroatoms. The summed E-state index contributed by atoms with van der Waals surface area (Å²) in [6.45, 7) is 0. The maximum absolute atomic E-state index is 2.24. The number of rotatable bonds is 0. The van der Waals surface area contributed by atoms with Crippen LogP contribution in [0.5, 0.6) is 0 Å². The van der Waals surface area contributed by atoms with Crippen molar-refractivity contribution in [2.75, 3.05) is 0 Å². The summed E-state index contributed by atoms with van der Waals surface area (Å²) >= 11 is 0.322. The maximum Gasteiger partial charge on any atom is -0.0287 e. The molecule has 0 atom stereocenters. The summed E-state index contributed by atoms with van der Waals surface area (Å²) in [5, 5.41) is 0. The van der Waals surface area contributed by atoms with Gasteiger partial charge in [-0.3, -0.25) is 0 Å². The van der Waals surface area contributed by atoms with Gasteiger partial charge in [-0.1, -0.05) is 39.0 Å². The van der Waals surface area contributed by atoms with Crippen LogP contribution in [0.4, 0.5) is 0 Å². The third-order valence-electron chi connectivity index (χ3n) is 0.513. The minimum atomic E-state index is 0.322. The molecular formula is C5H5I. The Balaban J connectivity index is 2.77. The monoisotopic (exact) mass is 192 g/mol. The van der Waals surface area contributed by atoms with E-state index in [0.717, 1.165) is 0 Å². The minimum absolute atomic E-state index is 0.322. The van der Waals surface area contributed by atoms with Crippen LogP contribution in [0, 0.1) is 0 Å². The Morgan fingerprint density at radius 3 is 2.17 bits per heavy atom. The molecule has 0 unspecified atom stereocenters. The Kier molecular flexibility index (Phi) is 1.62. The maximum atomic E-state index is 2.24. The topological polar surface area (TPSA) is 0 Å². The fraction of sp³-hybridized carbons (Fsp3) is 0. The van der Waals surface area contributed by atoms with Crippen molar-refractivity contribution >= 4 is 24.7 Å². The molecule has 0 amide bonds. The highest BCUT2D eigenvalue weighted by molar-refractivity contribution is 14.2. The van der Waals surface area contributed by atoms with Crippen molar-refractivity contribution in [3.63, 3.8) is 0 Å². The quantitative estimate of drug-likeness (QED) is 0.513. The molecule has 1 aliphatic rings. The first kappa shape index (κ1) is 4.24. The summed E-state index contributed by atoms with van der Waals surface area (Å²) in [5.41, 5.74) is 0. The summed E-state index contributed by atoms with van der Waals surface area (Å²) < 4.78 is 4.47. The first-order valence-corrected chi connectivity index (χ1v) is 4.26. The van der Waals surface area contributed by atoms with Gasteiger partial charge in [-0.25, -0.2) is 0 Å². The largest absolute Gasteiger partial charge is 0.0937 e. The summed E-state index contributed by atoms with van der Waals surface area (Å²) in [6, 6.07) is 0. The van der Waals surface area contributed by atoms with Crippen molar-refractivity contribution in [2.24, 2.45) is 0 Å². The molecule has 1 heterocycles. The normalized spacial score (nSPS) is 17.3. The average molecular weight is 192 g/mol. The van der Waals surface area contributed by atoms with Crippen LogP contribution < -0.4 is 0 Å². The van der Waals surface area contributed by atoms with Crippen LogP contribution in [0.3, 0.4) is 0 Å². The van der Waals surface area contributed by atoms with Gasteiger partial charge in [0.25, 0.3) is 0 Å². The second-order valence-corrected chi connectivity index (χ2v) is 3.11. The molecule has 1 rings (SSSR count). The van der Waals surface area contributed by atoms with Gasteiger partial charge in [0.1, 0.15) is 0 Å². The van der Waals surface area contributed by atoms with E-state index in [1.807, 2.05) is 0 Å². The first-order chi connectivity index (χ1) is 3.00. The minimum Gasteiger partial charge on any atom is -0.0937 e. The van der Waals surface area contributed by atoms with Gasteiger partial charge >= 0.3 is 0 Å². The molecule has 0 aromatic rings. The molecular weight excluding hydrogens is 187 g/mol. The van der Waals surface area contributed by atoms with E-state index in [9.17, 15) is 0 Å². The lowest BCUT2D eigenvalue weighted by Crippen LogP contribution is -1.56. The molecule has 0 nitrogen and oxygen atoms in total. The molecule has 0 radical (unpaired) electrons. The van der Waals surface area contributed by atoms with Crippen LogP contribution in [0.2, 0.25) is 0 Å². The van der Waals surface area contributed by atoms with E-state index < -0.39 is 0 Å². The van der Waals surface area contributed by atoms with Crippen molar-refractivity contribution in [3.8, 4) is 0 Å². The Labute approximate surface area is 47.3 Å². The molecule has 0 fully saturated rings. The Morgan fingerprint density at radius 2 is 2.00 bits per heavy atom. The van der Waals surface area contributed by atoms with E-state index in [1.54, 1.807) is 0 Å². The van der Waals surface area contributed by atoms with Gasteiger partial charge in [0.05, 0.1) is 0 Å². The molecule has 0 aromatic carbocycles. The highest BCUT2D eigenvalue weighted by atomic mass is 127. The van der Waals surface area contributed by atoms with Gasteiger partial charge in [-0.15, -0.1) is 0 Å². The smallest absolute Gasteiger partial charge is 0.0287 e. The highest BCUT2D eigenvalue weighted by Crippen LogP contribution is 2.00. The van der Waals surface area contributed by atoms with Gasteiger partial charge in [0.15, 0.2) is 0 Å². The third-order valence-corrected chi connectivity index (χ3v) is 2.17. The van der Waals surface area contributed by atoms with Crippen molar-refractivity contribution in [2.45, 2.75) is 0 Å². The number of halogens is 1. The van der Waals surface area contributed by atoms with E-state index in [4.69, 9.17) is 0 Å². The van der Waals surface area contributed by atoms with Crippen molar-refractivity contribution in [3.05, 3.63) is 22.3 Å². The predicted octanol–water partition coefficient (Wildman–Crippen LogP) is 1.84. The molecule has 0 aromatic heterocycles. The van der Waals surface area contributed by atoms with Crippen molar-refractivity contribution in [1.29, 1.82) is 0 Å². The molecule has 0 N–H and O–H groups in total. The van der Waals surface area contributed by atoms with Crippen molar-refractivity contribution in [1.82, 2.24) is 0 Å². The van der Waals surface area contributed by atoms with E-state index in [2.05, 4.69) is 26.3 Å². The van der Waals surface area contributed by atoms with Crippen LogP contribution in [-0.2, 0) is 0 Å². The fourth-order valence-corrected chi connectivity index (χ4v) is 1.47. The lowest BCUT2D eigenvalue weighted by atomic mass is 10.5. The lowest BCUT2D eigenvalue weighted by molar-refractivity contribution is 2.09. The zero-order valence-electron chi connectivity index (χ0n) is 3.26. The van der Waals surface area contributed by atoms with Crippen LogP contribution in [0.15, 0.2) is 22.3 Å². The van der Waals surface area contributed by atoms with E-state index >= 15 is 0 Å². The molecule has 0 bridgehead atoms. The first-order valence-electron chi connectivity index (χ1n) is 1.77. The summed E-state index contributed by atoms with van der Waals surface area (Å²) in [7, 11) is 0. The molecule has 0 saturated heterocycles. The molecule has 1 aliphatic heterocycles. The van der Waals surface area contributed by atoms with Crippen LogP contribution >= 0.6 is 20.7 Å². The second kappa shape index (κ2) is 2.29. The predicted molar refractivity (Wildman–Crippen MR) is 38.4 cm³/mol. The van der Waals surface area contributed by atoms with Gasteiger partial charge in [0.2, 0.25) is 0 Å². The van der Waals surface area contributed by atoms with Crippen LogP contribution in [0.1, 0.15) is 0 Å².